The SMILES string of the molecule is CC(C1CC1)N(C(=O)CN1CCNCC1)C1CC1. The molecule has 102 valence electrons. The van der Waals surface area contributed by atoms with E-state index in [1.165, 1.54) is 25.7 Å². The molecule has 3 rings (SSSR count). The standard InChI is InChI=1S/C14H25N3O/c1-11(12-2-3-12)17(13-4-5-13)14(18)10-16-8-6-15-7-9-16/h11-13,15H,2-10H2,1H3. The normalized spacial score (nSPS) is 26.9. The first-order chi connectivity index (χ1) is 8.75. The molecule has 3 aliphatic rings. The maximum atomic E-state index is 12.5. The average Bonchev–Trinajstić information content (AvgIpc) is 3.24. The first-order valence-corrected chi connectivity index (χ1v) is 7.50. The fraction of sp³-hybridized carbons (Fsp3) is 0.929. The molecular formula is C14H25N3O. The lowest BCUT2D eigenvalue weighted by Crippen LogP contribution is -2.51. The van der Waals surface area contributed by atoms with Gasteiger partial charge in [-0.3, -0.25) is 9.69 Å². The number of rotatable bonds is 5. The summed E-state index contributed by atoms with van der Waals surface area (Å²) in [6, 6.07) is 1.05. The van der Waals surface area contributed by atoms with Gasteiger partial charge in [0.25, 0.3) is 0 Å². The lowest BCUT2D eigenvalue weighted by Gasteiger charge is -2.33. The quantitative estimate of drug-likeness (QED) is 0.780. The van der Waals surface area contributed by atoms with Crippen LogP contribution in [0.25, 0.3) is 0 Å². The molecule has 1 atom stereocenters. The van der Waals surface area contributed by atoms with Crippen LogP contribution in [0.5, 0.6) is 0 Å². The summed E-state index contributed by atoms with van der Waals surface area (Å²) >= 11 is 0. The Morgan fingerprint density at radius 3 is 2.50 bits per heavy atom. The van der Waals surface area contributed by atoms with Gasteiger partial charge >= 0.3 is 0 Å². The topological polar surface area (TPSA) is 35.6 Å². The summed E-state index contributed by atoms with van der Waals surface area (Å²) < 4.78 is 0. The van der Waals surface area contributed by atoms with E-state index in [-0.39, 0.29) is 0 Å². The van der Waals surface area contributed by atoms with Crippen LogP contribution < -0.4 is 5.32 Å². The van der Waals surface area contributed by atoms with Gasteiger partial charge in [-0.1, -0.05) is 0 Å². The molecule has 4 heteroatoms. The van der Waals surface area contributed by atoms with E-state index in [1.807, 2.05) is 0 Å². The zero-order valence-electron chi connectivity index (χ0n) is 11.4. The van der Waals surface area contributed by atoms with Crippen LogP contribution in [0.15, 0.2) is 0 Å². The van der Waals surface area contributed by atoms with Gasteiger partial charge in [-0.25, -0.2) is 0 Å². The zero-order chi connectivity index (χ0) is 12.5. The van der Waals surface area contributed by atoms with Gasteiger partial charge in [0.15, 0.2) is 0 Å². The molecule has 2 saturated carbocycles. The van der Waals surface area contributed by atoms with Gasteiger partial charge in [0.1, 0.15) is 0 Å². The van der Waals surface area contributed by atoms with Crippen molar-refractivity contribution < 1.29 is 4.79 Å². The van der Waals surface area contributed by atoms with Crippen molar-refractivity contribution in [2.45, 2.75) is 44.7 Å². The molecule has 0 aromatic carbocycles. The Labute approximate surface area is 110 Å². The number of amides is 1. The maximum absolute atomic E-state index is 12.5. The van der Waals surface area contributed by atoms with Crippen molar-refractivity contribution in [2.75, 3.05) is 32.7 Å². The molecule has 1 saturated heterocycles. The second-order valence-electron chi connectivity index (χ2n) is 6.14. The Morgan fingerprint density at radius 1 is 1.28 bits per heavy atom. The zero-order valence-corrected chi connectivity index (χ0v) is 11.4. The van der Waals surface area contributed by atoms with Crippen LogP contribution in [0.3, 0.4) is 0 Å². The van der Waals surface area contributed by atoms with Crippen molar-refractivity contribution in [2.24, 2.45) is 5.92 Å². The molecule has 1 aliphatic heterocycles. The lowest BCUT2D eigenvalue weighted by molar-refractivity contribution is -0.135. The first kappa shape index (κ1) is 12.4. The van der Waals surface area contributed by atoms with E-state index in [0.717, 1.165) is 32.1 Å². The molecule has 1 unspecified atom stereocenters. The molecule has 1 heterocycles. The molecule has 0 radical (unpaired) electrons. The number of nitrogens with zero attached hydrogens (tertiary/aromatic N) is 2. The van der Waals surface area contributed by atoms with E-state index in [1.54, 1.807) is 0 Å². The van der Waals surface area contributed by atoms with Crippen LogP contribution in [0, 0.1) is 5.92 Å². The Morgan fingerprint density at radius 2 is 1.94 bits per heavy atom. The van der Waals surface area contributed by atoms with Gasteiger partial charge in [-0.05, 0) is 38.5 Å². The number of hydrogen-bond acceptors (Lipinski definition) is 3. The molecular weight excluding hydrogens is 226 g/mol. The number of carbonyl (C=O) groups excluding carboxylic acids is 1. The Kier molecular flexibility index (Phi) is 3.57. The highest BCUT2D eigenvalue weighted by Crippen LogP contribution is 2.39. The monoisotopic (exact) mass is 251 g/mol. The summed E-state index contributed by atoms with van der Waals surface area (Å²) in [6.45, 7) is 6.97. The second kappa shape index (κ2) is 5.17. The van der Waals surface area contributed by atoms with Gasteiger partial charge < -0.3 is 10.2 Å². The van der Waals surface area contributed by atoms with Gasteiger partial charge in [-0.15, -0.1) is 0 Å². The minimum atomic E-state index is 0.374. The molecule has 0 bridgehead atoms. The van der Waals surface area contributed by atoms with Gasteiger partial charge in [0, 0.05) is 38.3 Å². The highest BCUT2D eigenvalue weighted by molar-refractivity contribution is 5.79. The van der Waals surface area contributed by atoms with E-state index in [2.05, 4.69) is 22.0 Å². The largest absolute Gasteiger partial charge is 0.336 e. The fourth-order valence-corrected chi connectivity index (χ4v) is 3.06. The molecule has 0 aromatic rings. The van der Waals surface area contributed by atoms with E-state index in [4.69, 9.17) is 0 Å². The summed E-state index contributed by atoms with van der Waals surface area (Å²) in [5.74, 6) is 1.16. The molecule has 2 aliphatic carbocycles. The van der Waals surface area contributed by atoms with Crippen molar-refractivity contribution >= 4 is 5.91 Å². The van der Waals surface area contributed by atoms with Crippen LogP contribution in [-0.2, 0) is 4.79 Å². The summed E-state index contributed by atoms with van der Waals surface area (Å²) in [4.78, 5) is 17.1. The van der Waals surface area contributed by atoms with Gasteiger partial charge in [-0.2, -0.15) is 0 Å². The number of carbonyl (C=O) groups is 1. The molecule has 3 fully saturated rings. The van der Waals surface area contributed by atoms with Crippen LogP contribution in [0.4, 0.5) is 0 Å². The van der Waals surface area contributed by atoms with E-state index < -0.39 is 0 Å². The summed E-state index contributed by atoms with van der Waals surface area (Å²) in [5, 5.41) is 3.34. The number of hydrogen-bond donors (Lipinski definition) is 1. The molecule has 1 amide bonds. The number of piperazine rings is 1. The Hall–Kier alpha value is -0.610. The van der Waals surface area contributed by atoms with E-state index in [0.29, 0.717) is 24.5 Å². The molecule has 4 nitrogen and oxygen atoms in total. The third-order valence-corrected chi connectivity index (χ3v) is 4.54. The number of nitrogens with one attached hydrogen (secondary N) is 1. The minimum absolute atomic E-state index is 0.374. The van der Waals surface area contributed by atoms with Crippen molar-refractivity contribution in [3.63, 3.8) is 0 Å². The van der Waals surface area contributed by atoms with Gasteiger partial charge in [0.05, 0.1) is 6.54 Å². The Bertz CT molecular complexity index is 306. The summed E-state index contributed by atoms with van der Waals surface area (Å²) in [6.07, 6.45) is 5.10. The van der Waals surface area contributed by atoms with E-state index in [9.17, 15) is 4.79 Å². The van der Waals surface area contributed by atoms with Crippen molar-refractivity contribution in [3.8, 4) is 0 Å². The highest BCUT2D eigenvalue weighted by atomic mass is 16.2. The first-order valence-electron chi connectivity index (χ1n) is 7.50. The van der Waals surface area contributed by atoms with Crippen molar-refractivity contribution in [1.29, 1.82) is 0 Å². The third-order valence-electron chi connectivity index (χ3n) is 4.54. The Balaban J connectivity index is 1.57. The average molecular weight is 251 g/mol. The highest BCUT2D eigenvalue weighted by Gasteiger charge is 2.41. The van der Waals surface area contributed by atoms with Crippen molar-refractivity contribution in [3.05, 3.63) is 0 Å². The maximum Gasteiger partial charge on any atom is 0.237 e. The van der Waals surface area contributed by atoms with Crippen LogP contribution in [0.2, 0.25) is 0 Å². The lowest BCUT2D eigenvalue weighted by atomic mass is 10.1. The fourth-order valence-electron chi connectivity index (χ4n) is 3.06. The van der Waals surface area contributed by atoms with Crippen LogP contribution in [0.1, 0.15) is 32.6 Å². The summed E-state index contributed by atoms with van der Waals surface area (Å²) in [7, 11) is 0. The minimum Gasteiger partial charge on any atom is -0.336 e. The third kappa shape index (κ3) is 2.86. The molecule has 1 N–H and O–H groups in total. The predicted molar refractivity (Wildman–Crippen MR) is 71.4 cm³/mol. The van der Waals surface area contributed by atoms with Crippen LogP contribution in [-0.4, -0.2) is 60.5 Å². The predicted octanol–water partition coefficient (Wildman–Crippen LogP) is 0.681. The summed E-state index contributed by atoms with van der Waals surface area (Å²) in [5.41, 5.74) is 0. The molecule has 0 aromatic heterocycles. The van der Waals surface area contributed by atoms with E-state index >= 15 is 0 Å². The van der Waals surface area contributed by atoms with Gasteiger partial charge in [0.2, 0.25) is 5.91 Å². The van der Waals surface area contributed by atoms with Crippen molar-refractivity contribution in [1.82, 2.24) is 15.1 Å². The van der Waals surface area contributed by atoms with Crippen LogP contribution >= 0.6 is 0 Å². The second-order valence-corrected chi connectivity index (χ2v) is 6.14. The smallest absolute Gasteiger partial charge is 0.237 e. The molecule has 18 heavy (non-hydrogen) atoms. The molecule has 0 spiro atoms.